The van der Waals surface area contributed by atoms with Crippen LogP contribution in [0.2, 0.25) is 0 Å². The lowest BCUT2D eigenvalue weighted by atomic mass is 10.1. The summed E-state index contributed by atoms with van der Waals surface area (Å²) in [7, 11) is 0. The van der Waals surface area contributed by atoms with Crippen LogP contribution in [0.4, 0.5) is 5.82 Å². The molecule has 0 unspecified atom stereocenters. The SMILES string of the molecule is CCCNC(=S)NC(=O)c1nc2cc(C)c(C)cc2nc1NCCC. The van der Waals surface area contributed by atoms with Crippen molar-refractivity contribution < 1.29 is 4.79 Å². The molecule has 134 valence electrons. The predicted octanol–water partition coefficient (Wildman–Crippen LogP) is 3.08. The van der Waals surface area contributed by atoms with Crippen molar-refractivity contribution in [2.45, 2.75) is 40.5 Å². The number of amides is 1. The molecule has 0 saturated carbocycles. The molecule has 1 aromatic carbocycles. The molecular weight excluding hydrogens is 334 g/mol. The number of benzene rings is 1. The third kappa shape index (κ3) is 4.85. The summed E-state index contributed by atoms with van der Waals surface area (Å²) in [5, 5.41) is 9.15. The predicted molar refractivity (Wildman–Crippen MR) is 106 cm³/mol. The van der Waals surface area contributed by atoms with Crippen molar-refractivity contribution in [3.05, 3.63) is 29.0 Å². The Balaban J connectivity index is 2.38. The summed E-state index contributed by atoms with van der Waals surface area (Å²) in [5.74, 6) is 0.119. The number of nitrogens with one attached hydrogen (secondary N) is 3. The minimum atomic E-state index is -0.361. The number of anilines is 1. The maximum Gasteiger partial charge on any atom is 0.279 e. The molecule has 0 aliphatic heterocycles. The molecule has 0 bridgehead atoms. The van der Waals surface area contributed by atoms with Gasteiger partial charge in [-0.1, -0.05) is 13.8 Å². The van der Waals surface area contributed by atoms with Crippen LogP contribution in [0.1, 0.15) is 48.3 Å². The number of fused-ring (bicyclic) bond motifs is 1. The molecule has 0 aliphatic carbocycles. The second-order valence-electron chi connectivity index (χ2n) is 5.98. The quantitative estimate of drug-likeness (QED) is 0.688. The van der Waals surface area contributed by atoms with E-state index in [1.165, 1.54) is 0 Å². The van der Waals surface area contributed by atoms with Gasteiger partial charge in [0, 0.05) is 13.1 Å². The minimum Gasteiger partial charge on any atom is -0.368 e. The van der Waals surface area contributed by atoms with Crippen LogP contribution in [0.15, 0.2) is 12.1 Å². The average Bonchev–Trinajstić information content (AvgIpc) is 2.58. The van der Waals surface area contributed by atoms with E-state index in [9.17, 15) is 4.79 Å². The fourth-order valence-corrected chi connectivity index (χ4v) is 2.48. The summed E-state index contributed by atoms with van der Waals surface area (Å²) in [6.07, 6.45) is 1.85. The number of hydrogen-bond acceptors (Lipinski definition) is 5. The molecule has 3 N–H and O–H groups in total. The first kappa shape index (κ1) is 19.1. The van der Waals surface area contributed by atoms with Gasteiger partial charge in [-0.3, -0.25) is 10.1 Å². The van der Waals surface area contributed by atoms with Gasteiger partial charge >= 0.3 is 0 Å². The number of carbonyl (C=O) groups is 1. The van der Waals surface area contributed by atoms with Gasteiger partial charge in [0.05, 0.1) is 11.0 Å². The second-order valence-corrected chi connectivity index (χ2v) is 6.39. The molecule has 0 aliphatic rings. The lowest BCUT2D eigenvalue weighted by Crippen LogP contribution is -2.40. The number of carbonyl (C=O) groups excluding carboxylic acids is 1. The minimum absolute atomic E-state index is 0.254. The zero-order chi connectivity index (χ0) is 18.4. The molecular formula is C18H25N5OS. The number of nitrogens with zero attached hydrogens (tertiary/aromatic N) is 2. The largest absolute Gasteiger partial charge is 0.368 e. The van der Waals surface area contributed by atoms with Crippen LogP contribution in [-0.2, 0) is 0 Å². The molecule has 1 heterocycles. The molecule has 2 rings (SSSR count). The van der Waals surface area contributed by atoms with Gasteiger partial charge in [-0.2, -0.15) is 0 Å². The summed E-state index contributed by atoms with van der Waals surface area (Å²) >= 11 is 5.15. The molecule has 1 amide bonds. The van der Waals surface area contributed by atoms with Crippen molar-refractivity contribution in [3.63, 3.8) is 0 Å². The van der Waals surface area contributed by atoms with Crippen molar-refractivity contribution in [2.75, 3.05) is 18.4 Å². The van der Waals surface area contributed by atoms with Crippen LogP contribution in [0.3, 0.4) is 0 Å². The maximum absolute atomic E-state index is 12.6. The molecule has 1 aromatic heterocycles. The number of rotatable bonds is 6. The van der Waals surface area contributed by atoms with Crippen LogP contribution < -0.4 is 16.0 Å². The van der Waals surface area contributed by atoms with E-state index >= 15 is 0 Å². The molecule has 0 fully saturated rings. The third-order valence-electron chi connectivity index (χ3n) is 3.80. The Morgan fingerprint density at radius 1 is 1.04 bits per heavy atom. The topological polar surface area (TPSA) is 78.9 Å². The fraction of sp³-hybridized carbons (Fsp3) is 0.444. The van der Waals surface area contributed by atoms with Crippen LogP contribution >= 0.6 is 12.2 Å². The lowest BCUT2D eigenvalue weighted by molar-refractivity contribution is 0.0972. The van der Waals surface area contributed by atoms with Gasteiger partial charge < -0.3 is 10.6 Å². The van der Waals surface area contributed by atoms with E-state index < -0.39 is 0 Å². The third-order valence-corrected chi connectivity index (χ3v) is 4.05. The molecule has 2 aromatic rings. The number of aryl methyl sites for hydroxylation is 2. The second kappa shape index (κ2) is 8.71. The first-order valence-corrected chi connectivity index (χ1v) is 8.99. The van der Waals surface area contributed by atoms with Crippen LogP contribution in [0.5, 0.6) is 0 Å². The first-order chi connectivity index (χ1) is 12.0. The number of aromatic nitrogens is 2. The van der Waals surface area contributed by atoms with Gasteiger partial charge in [0.2, 0.25) is 0 Å². The Morgan fingerprint density at radius 3 is 2.24 bits per heavy atom. The molecule has 0 radical (unpaired) electrons. The molecule has 0 atom stereocenters. The van der Waals surface area contributed by atoms with Crippen LogP contribution in [0, 0.1) is 13.8 Å². The van der Waals surface area contributed by atoms with Gasteiger partial charge in [0.1, 0.15) is 0 Å². The fourth-order valence-electron chi connectivity index (χ4n) is 2.28. The monoisotopic (exact) mass is 359 g/mol. The maximum atomic E-state index is 12.6. The van der Waals surface area contributed by atoms with E-state index in [4.69, 9.17) is 12.2 Å². The van der Waals surface area contributed by atoms with E-state index in [0.29, 0.717) is 29.5 Å². The van der Waals surface area contributed by atoms with Gasteiger partial charge in [-0.05, 0) is 62.2 Å². The Hall–Kier alpha value is -2.28. The van der Waals surface area contributed by atoms with E-state index in [0.717, 1.165) is 29.5 Å². The highest BCUT2D eigenvalue weighted by Gasteiger charge is 2.18. The Labute approximate surface area is 153 Å². The molecule has 0 saturated heterocycles. The summed E-state index contributed by atoms with van der Waals surface area (Å²) in [4.78, 5) is 21.8. The highest BCUT2D eigenvalue weighted by Crippen LogP contribution is 2.20. The van der Waals surface area contributed by atoms with E-state index in [-0.39, 0.29) is 11.6 Å². The lowest BCUT2D eigenvalue weighted by Gasteiger charge is -2.13. The molecule has 7 heteroatoms. The van der Waals surface area contributed by atoms with Gasteiger partial charge in [0.25, 0.3) is 5.91 Å². The summed E-state index contributed by atoms with van der Waals surface area (Å²) in [6, 6.07) is 3.94. The van der Waals surface area contributed by atoms with Gasteiger partial charge in [-0.25, -0.2) is 9.97 Å². The Morgan fingerprint density at radius 2 is 1.64 bits per heavy atom. The van der Waals surface area contributed by atoms with E-state index in [1.807, 2.05) is 32.9 Å². The zero-order valence-electron chi connectivity index (χ0n) is 15.2. The summed E-state index contributed by atoms with van der Waals surface area (Å²) < 4.78 is 0. The van der Waals surface area contributed by atoms with Gasteiger partial charge in [0.15, 0.2) is 16.6 Å². The van der Waals surface area contributed by atoms with Crippen molar-refractivity contribution in [1.29, 1.82) is 0 Å². The Kier molecular flexibility index (Phi) is 6.64. The standard InChI is InChI=1S/C18H25N5OS/c1-5-7-19-16-15(17(24)23-18(25)20-8-6-2)21-13-9-11(3)12(4)10-14(13)22-16/h9-10H,5-8H2,1-4H3,(H,19,22)(H2,20,23,24,25). The average molecular weight is 359 g/mol. The van der Waals surface area contributed by atoms with Crippen molar-refractivity contribution in [3.8, 4) is 0 Å². The smallest absolute Gasteiger partial charge is 0.279 e. The summed E-state index contributed by atoms with van der Waals surface area (Å²) in [5.41, 5.74) is 3.98. The normalized spacial score (nSPS) is 10.6. The van der Waals surface area contributed by atoms with E-state index in [1.54, 1.807) is 0 Å². The zero-order valence-corrected chi connectivity index (χ0v) is 16.0. The van der Waals surface area contributed by atoms with Crippen molar-refractivity contribution in [1.82, 2.24) is 20.6 Å². The van der Waals surface area contributed by atoms with Gasteiger partial charge in [-0.15, -0.1) is 0 Å². The van der Waals surface area contributed by atoms with Crippen LogP contribution in [-0.4, -0.2) is 34.1 Å². The Bertz CT molecular complexity index is 791. The summed E-state index contributed by atoms with van der Waals surface area (Å²) in [6.45, 7) is 9.56. The van der Waals surface area contributed by atoms with Crippen molar-refractivity contribution in [2.24, 2.45) is 0 Å². The highest BCUT2D eigenvalue weighted by atomic mass is 32.1. The number of hydrogen-bond donors (Lipinski definition) is 3. The molecule has 6 nitrogen and oxygen atoms in total. The van der Waals surface area contributed by atoms with Crippen molar-refractivity contribution >= 4 is 40.1 Å². The highest BCUT2D eigenvalue weighted by molar-refractivity contribution is 7.80. The molecule has 0 spiro atoms. The van der Waals surface area contributed by atoms with Crippen LogP contribution in [0.25, 0.3) is 11.0 Å². The molecule has 25 heavy (non-hydrogen) atoms. The van der Waals surface area contributed by atoms with E-state index in [2.05, 4.69) is 32.8 Å². The number of thiocarbonyl (C=S) groups is 1. The first-order valence-electron chi connectivity index (χ1n) is 8.58.